The van der Waals surface area contributed by atoms with Crippen LogP contribution >= 0.6 is 0 Å². The molecule has 1 aliphatic heterocycles. The minimum atomic E-state index is -0.738. The number of hydrogen-bond acceptors (Lipinski definition) is 6. The number of carbonyl (C=O) groups is 2. The summed E-state index contributed by atoms with van der Waals surface area (Å²) in [4.78, 5) is 27.5. The molecule has 7 nitrogen and oxygen atoms in total. The lowest BCUT2D eigenvalue weighted by Gasteiger charge is -2.36. The van der Waals surface area contributed by atoms with E-state index in [4.69, 9.17) is 14.2 Å². The first kappa shape index (κ1) is 19.7. The van der Waals surface area contributed by atoms with E-state index < -0.39 is 17.4 Å². The molecule has 134 valence electrons. The SMILES string of the molecule is CCOC(=O)CN(C)C[C@@H]1COC(C)(C)N1C(=O)OC(C)(C)C. The number of ether oxygens (including phenoxy) is 3. The van der Waals surface area contributed by atoms with Crippen molar-refractivity contribution in [1.82, 2.24) is 9.80 Å². The Morgan fingerprint density at radius 3 is 2.48 bits per heavy atom. The normalized spacial score (nSPS) is 20.7. The number of amides is 1. The lowest BCUT2D eigenvalue weighted by Crippen LogP contribution is -2.52. The summed E-state index contributed by atoms with van der Waals surface area (Å²) >= 11 is 0. The van der Waals surface area contributed by atoms with Crippen molar-refractivity contribution in [3.05, 3.63) is 0 Å². The molecule has 1 aliphatic rings. The van der Waals surface area contributed by atoms with Crippen molar-refractivity contribution in [3.63, 3.8) is 0 Å². The first-order valence-electron chi connectivity index (χ1n) is 7.96. The van der Waals surface area contributed by atoms with Crippen molar-refractivity contribution in [2.24, 2.45) is 0 Å². The largest absolute Gasteiger partial charge is 0.465 e. The van der Waals surface area contributed by atoms with Crippen LogP contribution in [0.25, 0.3) is 0 Å². The number of carbonyl (C=O) groups excluding carboxylic acids is 2. The number of rotatable bonds is 5. The van der Waals surface area contributed by atoms with E-state index in [1.165, 1.54) is 0 Å². The van der Waals surface area contributed by atoms with Crippen molar-refractivity contribution in [3.8, 4) is 0 Å². The third-order valence-electron chi connectivity index (χ3n) is 3.39. The van der Waals surface area contributed by atoms with E-state index in [2.05, 4.69) is 0 Å². The van der Waals surface area contributed by atoms with Crippen LogP contribution in [0, 0.1) is 0 Å². The van der Waals surface area contributed by atoms with E-state index in [1.54, 1.807) is 11.8 Å². The maximum absolute atomic E-state index is 12.5. The summed E-state index contributed by atoms with van der Waals surface area (Å²) in [6.45, 7) is 12.4. The van der Waals surface area contributed by atoms with Gasteiger partial charge in [-0.25, -0.2) is 4.79 Å². The summed E-state index contributed by atoms with van der Waals surface area (Å²) in [7, 11) is 1.81. The Kier molecular flexibility index (Phi) is 6.41. The standard InChI is InChI=1S/C16H30N2O5/c1-8-21-13(19)10-17(7)9-12-11-22-16(5,6)18(12)14(20)23-15(2,3)4/h12H,8-11H2,1-7H3/t12-/m1/s1. The molecular formula is C16H30N2O5. The van der Waals surface area contributed by atoms with Crippen LogP contribution in [-0.2, 0) is 19.0 Å². The molecule has 0 aromatic rings. The number of likely N-dealkylation sites (N-methyl/N-ethyl adjacent to an activating group) is 1. The first-order valence-corrected chi connectivity index (χ1v) is 7.96. The van der Waals surface area contributed by atoms with E-state index >= 15 is 0 Å². The highest BCUT2D eigenvalue weighted by atomic mass is 16.6. The molecule has 0 unspecified atom stereocenters. The Labute approximate surface area is 138 Å². The second-order valence-electron chi connectivity index (χ2n) is 7.26. The first-order chi connectivity index (χ1) is 10.5. The lowest BCUT2D eigenvalue weighted by atomic mass is 10.2. The smallest absolute Gasteiger partial charge is 0.412 e. The van der Waals surface area contributed by atoms with E-state index in [-0.39, 0.29) is 18.6 Å². The van der Waals surface area contributed by atoms with Crippen LogP contribution in [0.1, 0.15) is 41.5 Å². The summed E-state index contributed by atoms with van der Waals surface area (Å²) < 4.78 is 16.2. The molecule has 0 saturated carbocycles. The highest BCUT2D eigenvalue weighted by Crippen LogP contribution is 2.29. The second kappa shape index (κ2) is 7.49. The van der Waals surface area contributed by atoms with Crippen LogP contribution < -0.4 is 0 Å². The average Bonchev–Trinajstić information content (AvgIpc) is 2.62. The summed E-state index contributed by atoms with van der Waals surface area (Å²) in [5, 5.41) is 0. The van der Waals surface area contributed by atoms with Gasteiger partial charge in [0.05, 0.1) is 25.8 Å². The molecule has 1 saturated heterocycles. The maximum Gasteiger partial charge on any atom is 0.412 e. The summed E-state index contributed by atoms with van der Waals surface area (Å²) in [5.74, 6) is -0.281. The highest BCUT2D eigenvalue weighted by Gasteiger charge is 2.45. The fourth-order valence-electron chi connectivity index (χ4n) is 2.55. The summed E-state index contributed by atoms with van der Waals surface area (Å²) in [5.41, 5.74) is -1.31. The molecule has 7 heteroatoms. The molecule has 0 bridgehead atoms. The van der Waals surface area contributed by atoms with Crippen LogP contribution in [0.2, 0.25) is 0 Å². The zero-order chi connectivity index (χ0) is 17.8. The summed E-state index contributed by atoms with van der Waals surface area (Å²) in [6.07, 6.45) is -0.408. The minimum absolute atomic E-state index is 0.174. The third kappa shape index (κ3) is 5.99. The molecule has 1 amide bonds. The van der Waals surface area contributed by atoms with Crippen LogP contribution in [0.5, 0.6) is 0 Å². The molecule has 0 aromatic heterocycles. The predicted molar refractivity (Wildman–Crippen MR) is 86.0 cm³/mol. The molecule has 1 heterocycles. The quantitative estimate of drug-likeness (QED) is 0.717. The van der Waals surface area contributed by atoms with Gasteiger partial charge in [0.2, 0.25) is 0 Å². The van der Waals surface area contributed by atoms with Crippen LogP contribution in [0.3, 0.4) is 0 Å². The zero-order valence-corrected chi connectivity index (χ0v) is 15.3. The van der Waals surface area contributed by atoms with Gasteiger partial charge in [-0.05, 0) is 48.6 Å². The van der Waals surface area contributed by atoms with Crippen molar-refractivity contribution < 1.29 is 23.8 Å². The van der Waals surface area contributed by atoms with Gasteiger partial charge >= 0.3 is 12.1 Å². The van der Waals surface area contributed by atoms with Gasteiger partial charge in [0.15, 0.2) is 0 Å². The lowest BCUT2D eigenvalue weighted by molar-refractivity contribution is -0.144. The fraction of sp³-hybridized carbons (Fsp3) is 0.875. The fourth-order valence-corrected chi connectivity index (χ4v) is 2.55. The maximum atomic E-state index is 12.5. The van der Waals surface area contributed by atoms with Crippen molar-refractivity contribution in [2.75, 3.05) is 33.4 Å². The van der Waals surface area contributed by atoms with Gasteiger partial charge in [0.25, 0.3) is 0 Å². The van der Waals surface area contributed by atoms with E-state index in [9.17, 15) is 9.59 Å². The van der Waals surface area contributed by atoms with E-state index in [1.807, 2.05) is 46.6 Å². The number of esters is 1. The van der Waals surface area contributed by atoms with Crippen LogP contribution in [0.15, 0.2) is 0 Å². The van der Waals surface area contributed by atoms with Gasteiger partial charge in [0.1, 0.15) is 11.3 Å². The Morgan fingerprint density at radius 1 is 1.35 bits per heavy atom. The zero-order valence-electron chi connectivity index (χ0n) is 15.3. The molecular weight excluding hydrogens is 300 g/mol. The molecule has 0 radical (unpaired) electrons. The Balaban J connectivity index is 2.73. The third-order valence-corrected chi connectivity index (χ3v) is 3.39. The topological polar surface area (TPSA) is 68.3 Å². The van der Waals surface area contributed by atoms with E-state index in [0.717, 1.165) is 0 Å². The minimum Gasteiger partial charge on any atom is -0.465 e. The molecule has 23 heavy (non-hydrogen) atoms. The molecule has 0 spiro atoms. The van der Waals surface area contributed by atoms with Gasteiger partial charge in [-0.1, -0.05) is 0 Å². The molecule has 0 aliphatic carbocycles. The number of hydrogen-bond donors (Lipinski definition) is 0. The van der Waals surface area contributed by atoms with Gasteiger partial charge in [-0.15, -0.1) is 0 Å². The number of nitrogens with zero attached hydrogens (tertiary/aromatic N) is 2. The Hall–Kier alpha value is -1.34. The molecule has 0 N–H and O–H groups in total. The molecule has 0 aromatic carbocycles. The van der Waals surface area contributed by atoms with Crippen LogP contribution in [0.4, 0.5) is 4.79 Å². The Morgan fingerprint density at radius 2 is 1.96 bits per heavy atom. The van der Waals surface area contributed by atoms with E-state index in [0.29, 0.717) is 19.8 Å². The second-order valence-corrected chi connectivity index (χ2v) is 7.26. The van der Waals surface area contributed by atoms with Crippen molar-refractivity contribution in [1.29, 1.82) is 0 Å². The molecule has 1 rings (SSSR count). The van der Waals surface area contributed by atoms with Crippen LogP contribution in [-0.4, -0.2) is 72.6 Å². The van der Waals surface area contributed by atoms with Crippen molar-refractivity contribution in [2.45, 2.75) is 58.9 Å². The molecule has 1 fully saturated rings. The monoisotopic (exact) mass is 330 g/mol. The molecule has 1 atom stereocenters. The highest BCUT2D eigenvalue weighted by molar-refractivity contribution is 5.71. The average molecular weight is 330 g/mol. The van der Waals surface area contributed by atoms with Gasteiger partial charge in [0, 0.05) is 6.54 Å². The van der Waals surface area contributed by atoms with Gasteiger partial charge in [-0.3, -0.25) is 14.6 Å². The summed E-state index contributed by atoms with van der Waals surface area (Å²) in [6, 6.07) is -0.181. The van der Waals surface area contributed by atoms with Gasteiger partial charge < -0.3 is 14.2 Å². The predicted octanol–water partition coefficient (Wildman–Crippen LogP) is 1.85. The van der Waals surface area contributed by atoms with Crippen molar-refractivity contribution >= 4 is 12.1 Å². The Bertz CT molecular complexity index is 431. The van der Waals surface area contributed by atoms with Gasteiger partial charge in [-0.2, -0.15) is 0 Å².